The predicted octanol–water partition coefficient (Wildman–Crippen LogP) is -0.103. The molecule has 2 saturated heterocycles. The summed E-state index contributed by atoms with van der Waals surface area (Å²) in [6, 6.07) is 0.0474. The van der Waals surface area contributed by atoms with Crippen LogP contribution in [-0.2, 0) is 9.59 Å². The van der Waals surface area contributed by atoms with E-state index >= 15 is 0 Å². The summed E-state index contributed by atoms with van der Waals surface area (Å²) in [6.45, 7) is 6.80. The number of likely N-dealkylation sites (tertiary alicyclic amines) is 1. The first-order valence-electron chi connectivity index (χ1n) is 9.16. The van der Waals surface area contributed by atoms with Crippen molar-refractivity contribution in [2.45, 2.75) is 25.8 Å². The largest absolute Gasteiger partial charge is 0.357 e. The maximum atomic E-state index is 12.7. The van der Waals surface area contributed by atoms with Gasteiger partial charge in [-0.3, -0.25) is 14.5 Å². The number of nitrogens with one attached hydrogen (secondary N) is 1. The SMILES string of the molecule is CCNC(=NCC(=O)N(C)C)N1CCN(C(=O)C2CCCN2C)CC1.I. The Kier molecular flexibility index (Phi) is 9.62. The average molecular weight is 480 g/mol. The van der Waals surface area contributed by atoms with Crippen LogP contribution in [-0.4, -0.2) is 110 Å². The first-order valence-corrected chi connectivity index (χ1v) is 9.16. The Labute approximate surface area is 174 Å². The monoisotopic (exact) mass is 480 g/mol. The summed E-state index contributed by atoms with van der Waals surface area (Å²) in [4.78, 5) is 36.7. The number of aliphatic imine (C=N–C) groups is 1. The summed E-state index contributed by atoms with van der Waals surface area (Å²) in [5.74, 6) is 0.987. The van der Waals surface area contributed by atoms with Crippen LogP contribution in [0.2, 0.25) is 0 Å². The maximum Gasteiger partial charge on any atom is 0.243 e. The lowest BCUT2D eigenvalue weighted by Gasteiger charge is -2.38. The third-order valence-electron chi connectivity index (χ3n) is 4.89. The number of halogens is 1. The van der Waals surface area contributed by atoms with Crippen LogP contribution in [0.4, 0.5) is 0 Å². The Balaban J connectivity index is 0.00000338. The van der Waals surface area contributed by atoms with Crippen LogP contribution in [0, 0.1) is 0 Å². The molecule has 0 aromatic carbocycles. The number of guanidine groups is 1. The quantitative estimate of drug-likeness (QED) is 0.346. The average Bonchev–Trinajstić information content (AvgIpc) is 3.03. The van der Waals surface area contributed by atoms with E-state index in [0.717, 1.165) is 45.0 Å². The van der Waals surface area contributed by atoms with Gasteiger partial charge in [-0.1, -0.05) is 0 Å². The van der Waals surface area contributed by atoms with Crippen molar-refractivity contribution >= 4 is 41.8 Å². The van der Waals surface area contributed by atoms with E-state index in [-0.39, 0.29) is 48.4 Å². The summed E-state index contributed by atoms with van der Waals surface area (Å²) in [6.07, 6.45) is 2.07. The Morgan fingerprint density at radius 2 is 1.73 bits per heavy atom. The van der Waals surface area contributed by atoms with E-state index in [0.29, 0.717) is 13.1 Å². The van der Waals surface area contributed by atoms with E-state index in [4.69, 9.17) is 0 Å². The fourth-order valence-corrected chi connectivity index (χ4v) is 3.28. The van der Waals surface area contributed by atoms with E-state index in [1.54, 1.807) is 19.0 Å². The number of carbonyl (C=O) groups is 2. The molecule has 150 valence electrons. The Morgan fingerprint density at radius 3 is 2.23 bits per heavy atom. The Morgan fingerprint density at radius 1 is 1.12 bits per heavy atom. The molecule has 0 bridgehead atoms. The number of likely N-dealkylation sites (N-methyl/N-ethyl adjacent to an activating group) is 2. The van der Waals surface area contributed by atoms with E-state index in [2.05, 4.69) is 20.1 Å². The normalized spacial score (nSPS) is 21.4. The van der Waals surface area contributed by atoms with E-state index in [9.17, 15) is 9.59 Å². The molecule has 1 atom stereocenters. The van der Waals surface area contributed by atoms with Crippen LogP contribution >= 0.6 is 24.0 Å². The lowest BCUT2D eigenvalue weighted by Crippen LogP contribution is -2.56. The van der Waals surface area contributed by atoms with Crippen LogP contribution in [0.3, 0.4) is 0 Å². The van der Waals surface area contributed by atoms with Crippen molar-refractivity contribution in [3.63, 3.8) is 0 Å². The zero-order valence-electron chi connectivity index (χ0n) is 16.4. The van der Waals surface area contributed by atoms with Crippen molar-refractivity contribution < 1.29 is 9.59 Å². The molecule has 1 unspecified atom stereocenters. The second-order valence-corrected chi connectivity index (χ2v) is 6.91. The molecular weight excluding hydrogens is 447 g/mol. The van der Waals surface area contributed by atoms with Crippen molar-refractivity contribution in [2.75, 3.05) is 67.0 Å². The van der Waals surface area contributed by atoms with E-state index < -0.39 is 0 Å². The van der Waals surface area contributed by atoms with Gasteiger partial charge in [-0.2, -0.15) is 0 Å². The summed E-state index contributed by atoms with van der Waals surface area (Å²) in [5, 5.41) is 3.25. The topological polar surface area (TPSA) is 71.5 Å². The third kappa shape index (κ3) is 5.97. The van der Waals surface area contributed by atoms with Crippen LogP contribution in [0.25, 0.3) is 0 Å². The number of rotatable bonds is 4. The number of piperazine rings is 1. The van der Waals surface area contributed by atoms with Crippen LogP contribution in [0.1, 0.15) is 19.8 Å². The molecule has 0 saturated carbocycles. The molecule has 9 heteroatoms. The molecule has 0 aromatic rings. The van der Waals surface area contributed by atoms with Crippen molar-refractivity contribution in [3.8, 4) is 0 Å². The standard InChI is InChI=1S/C17H32N6O2.HI/c1-5-18-17(19-13-15(24)20(2)3)23-11-9-22(10-12-23)16(25)14-7-6-8-21(14)4;/h14H,5-13H2,1-4H3,(H,18,19);1H. The van der Waals surface area contributed by atoms with Crippen LogP contribution < -0.4 is 5.32 Å². The first-order chi connectivity index (χ1) is 11.9. The van der Waals surface area contributed by atoms with Crippen LogP contribution in [0.15, 0.2) is 4.99 Å². The van der Waals surface area contributed by atoms with Crippen molar-refractivity contribution in [1.82, 2.24) is 24.9 Å². The van der Waals surface area contributed by atoms with Gasteiger partial charge in [0.1, 0.15) is 6.54 Å². The van der Waals surface area contributed by atoms with Gasteiger partial charge < -0.3 is 20.0 Å². The van der Waals surface area contributed by atoms with E-state index in [1.165, 1.54) is 0 Å². The van der Waals surface area contributed by atoms with Crippen molar-refractivity contribution in [2.24, 2.45) is 4.99 Å². The summed E-state index contributed by atoms with van der Waals surface area (Å²) >= 11 is 0. The van der Waals surface area contributed by atoms with Gasteiger partial charge in [0.25, 0.3) is 0 Å². The highest BCUT2D eigenvalue weighted by Crippen LogP contribution is 2.18. The molecule has 2 rings (SSSR count). The fraction of sp³-hybridized carbons (Fsp3) is 0.824. The molecule has 26 heavy (non-hydrogen) atoms. The van der Waals surface area contributed by atoms with Gasteiger partial charge in [0.05, 0.1) is 6.04 Å². The Bertz CT molecular complexity index is 505. The molecule has 1 N–H and O–H groups in total. The zero-order chi connectivity index (χ0) is 18.4. The lowest BCUT2D eigenvalue weighted by atomic mass is 10.2. The van der Waals surface area contributed by atoms with E-state index in [1.807, 2.05) is 18.9 Å². The van der Waals surface area contributed by atoms with Crippen molar-refractivity contribution in [3.05, 3.63) is 0 Å². The molecule has 2 fully saturated rings. The highest BCUT2D eigenvalue weighted by Gasteiger charge is 2.33. The molecule has 8 nitrogen and oxygen atoms in total. The maximum absolute atomic E-state index is 12.7. The number of nitrogens with zero attached hydrogens (tertiary/aromatic N) is 5. The molecule has 0 aromatic heterocycles. The molecule has 2 heterocycles. The smallest absolute Gasteiger partial charge is 0.243 e. The second-order valence-electron chi connectivity index (χ2n) is 6.91. The third-order valence-corrected chi connectivity index (χ3v) is 4.89. The highest BCUT2D eigenvalue weighted by atomic mass is 127. The highest BCUT2D eigenvalue weighted by molar-refractivity contribution is 14.0. The summed E-state index contributed by atoms with van der Waals surface area (Å²) in [5.41, 5.74) is 0. The van der Waals surface area contributed by atoms with Gasteiger partial charge in [0.15, 0.2) is 5.96 Å². The van der Waals surface area contributed by atoms with Gasteiger partial charge in [-0.15, -0.1) is 24.0 Å². The number of carbonyl (C=O) groups excluding carboxylic acids is 2. The Hall–Kier alpha value is -1.10. The van der Waals surface area contributed by atoms with Gasteiger partial charge in [0, 0.05) is 46.8 Å². The number of hydrogen-bond acceptors (Lipinski definition) is 4. The van der Waals surface area contributed by atoms with Gasteiger partial charge in [0.2, 0.25) is 11.8 Å². The molecule has 0 spiro atoms. The number of hydrogen-bond donors (Lipinski definition) is 1. The van der Waals surface area contributed by atoms with Crippen molar-refractivity contribution in [1.29, 1.82) is 0 Å². The second kappa shape index (κ2) is 10.9. The molecule has 2 aliphatic rings. The summed E-state index contributed by atoms with van der Waals surface area (Å²) < 4.78 is 0. The predicted molar refractivity (Wildman–Crippen MR) is 114 cm³/mol. The molecule has 0 radical (unpaired) electrons. The molecule has 2 aliphatic heterocycles. The number of amides is 2. The fourth-order valence-electron chi connectivity index (χ4n) is 3.28. The van der Waals surface area contributed by atoms with Gasteiger partial charge in [-0.25, -0.2) is 4.99 Å². The minimum atomic E-state index is -0.0199. The van der Waals surface area contributed by atoms with Gasteiger partial charge >= 0.3 is 0 Å². The molecule has 0 aliphatic carbocycles. The zero-order valence-corrected chi connectivity index (χ0v) is 18.7. The van der Waals surface area contributed by atoms with Crippen LogP contribution in [0.5, 0.6) is 0 Å². The lowest BCUT2D eigenvalue weighted by molar-refractivity contribution is -0.136. The van der Waals surface area contributed by atoms with Gasteiger partial charge in [-0.05, 0) is 33.4 Å². The summed E-state index contributed by atoms with van der Waals surface area (Å²) in [7, 11) is 5.49. The first kappa shape index (κ1) is 22.9. The minimum Gasteiger partial charge on any atom is -0.357 e. The minimum absolute atomic E-state index is 0. The molecule has 2 amide bonds. The molecular formula is C17H33IN6O2.